The molecule has 0 aliphatic heterocycles. The summed E-state index contributed by atoms with van der Waals surface area (Å²) in [4.78, 5) is 2.10. The molecule has 3 nitrogen and oxygen atoms in total. The van der Waals surface area contributed by atoms with Gasteiger partial charge in [0.2, 0.25) is 0 Å². The molecule has 0 bridgehead atoms. The van der Waals surface area contributed by atoms with Gasteiger partial charge in [0.1, 0.15) is 0 Å². The lowest BCUT2D eigenvalue weighted by molar-refractivity contribution is 0.0424. The fourth-order valence-corrected chi connectivity index (χ4v) is 1.88. The molecule has 0 heterocycles. The predicted molar refractivity (Wildman–Crippen MR) is 68.2 cm³/mol. The number of likely N-dealkylation sites (N-methyl/N-ethyl adjacent to an activating group) is 1. The van der Waals surface area contributed by atoms with Crippen molar-refractivity contribution in [2.75, 3.05) is 19.3 Å². The lowest BCUT2D eigenvalue weighted by atomic mass is 10.1. The van der Waals surface area contributed by atoms with E-state index in [1.165, 1.54) is 5.56 Å². The molecule has 1 aromatic carbocycles. The zero-order chi connectivity index (χ0) is 12.3. The van der Waals surface area contributed by atoms with Gasteiger partial charge in [0.05, 0.1) is 5.60 Å². The third-order valence-electron chi connectivity index (χ3n) is 2.58. The number of nitrogen functional groups attached to an aromatic ring is 1. The van der Waals surface area contributed by atoms with Gasteiger partial charge >= 0.3 is 0 Å². The van der Waals surface area contributed by atoms with Gasteiger partial charge in [-0.25, -0.2) is 0 Å². The molecule has 3 heteroatoms. The van der Waals surface area contributed by atoms with Crippen LogP contribution in [0.3, 0.4) is 0 Å². The van der Waals surface area contributed by atoms with Gasteiger partial charge in [-0.2, -0.15) is 0 Å². The number of nitrogens with zero attached hydrogens (tertiary/aromatic N) is 1. The van der Waals surface area contributed by atoms with Gasteiger partial charge in [-0.1, -0.05) is 12.1 Å². The molecular formula is C13H22N2O. The Morgan fingerprint density at radius 3 is 2.56 bits per heavy atom. The normalized spacial score (nSPS) is 12.1. The van der Waals surface area contributed by atoms with Crippen LogP contribution in [-0.4, -0.2) is 29.2 Å². The van der Waals surface area contributed by atoms with Gasteiger partial charge < -0.3 is 10.8 Å². The third-order valence-corrected chi connectivity index (χ3v) is 2.58. The number of benzene rings is 1. The minimum Gasteiger partial charge on any atom is -0.399 e. The van der Waals surface area contributed by atoms with Crippen molar-refractivity contribution in [1.29, 1.82) is 0 Å². The molecule has 90 valence electrons. The first-order chi connectivity index (χ1) is 7.29. The maximum atomic E-state index is 9.72. The molecule has 0 amide bonds. The highest BCUT2D eigenvalue weighted by atomic mass is 16.3. The van der Waals surface area contributed by atoms with Crippen LogP contribution in [-0.2, 0) is 6.54 Å². The maximum Gasteiger partial charge on any atom is 0.0718 e. The largest absolute Gasteiger partial charge is 0.399 e. The van der Waals surface area contributed by atoms with Gasteiger partial charge in [0.15, 0.2) is 0 Å². The molecule has 0 fully saturated rings. The molecule has 0 aliphatic carbocycles. The zero-order valence-electron chi connectivity index (χ0n) is 10.6. The Balaban J connectivity index is 2.70. The Labute approximate surface area is 97.9 Å². The fraction of sp³-hybridized carbons (Fsp3) is 0.538. The molecular weight excluding hydrogens is 200 g/mol. The smallest absolute Gasteiger partial charge is 0.0718 e. The fourth-order valence-electron chi connectivity index (χ4n) is 1.88. The first-order valence-electron chi connectivity index (χ1n) is 5.54. The highest BCUT2D eigenvalue weighted by Gasteiger charge is 2.16. The average Bonchev–Trinajstić information content (AvgIpc) is 2.09. The Hall–Kier alpha value is -1.06. The van der Waals surface area contributed by atoms with E-state index in [2.05, 4.69) is 11.0 Å². The van der Waals surface area contributed by atoms with Crippen LogP contribution in [0.15, 0.2) is 18.2 Å². The minimum absolute atomic E-state index is 0.640. The standard InChI is InChI=1S/C13H22N2O/c1-10-11(6-5-7-12(10)14)8-15(4)9-13(2,3)16/h5-7,16H,8-9,14H2,1-4H3. The molecule has 0 atom stereocenters. The molecule has 1 rings (SSSR count). The summed E-state index contributed by atoms with van der Waals surface area (Å²) in [6.45, 7) is 7.11. The number of anilines is 1. The Morgan fingerprint density at radius 2 is 2.00 bits per heavy atom. The highest BCUT2D eigenvalue weighted by Crippen LogP contribution is 2.17. The minimum atomic E-state index is -0.664. The van der Waals surface area contributed by atoms with Crippen LogP contribution in [0.4, 0.5) is 5.69 Å². The third kappa shape index (κ3) is 3.83. The van der Waals surface area contributed by atoms with Gasteiger partial charge in [0, 0.05) is 18.8 Å². The van der Waals surface area contributed by atoms with Gasteiger partial charge in [-0.15, -0.1) is 0 Å². The second kappa shape index (κ2) is 4.85. The SMILES string of the molecule is Cc1c(N)cccc1CN(C)CC(C)(C)O. The predicted octanol–water partition coefficient (Wildman–Crippen LogP) is 1.78. The van der Waals surface area contributed by atoms with Crippen LogP contribution in [0.25, 0.3) is 0 Å². The van der Waals surface area contributed by atoms with Crippen LogP contribution in [0, 0.1) is 6.92 Å². The van der Waals surface area contributed by atoms with E-state index in [0.717, 1.165) is 17.8 Å². The summed E-state index contributed by atoms with van der Waals surface area (Å²) >= 11 is 0. The zero-order valence-corrected chi connectivity index (χ0v) is 10.6. The molecule has 0 unspecified atom stereocenters. The average molecular weight is 222 g/mol. The Morgan fingerprint density at radius 1 is 1.38 bits per heavy atom. The second-order valence-electron chi connectivity index (χ2n) is 5.12. The molecule has 0 radical (unpaired) electrons. The van der Waals surface area contributed by atoms with Crippen LogP contribution in [0.5, 0.6) is 0 Å². The molecule has 0 spiro atoms. The topological polar surface area (TPSA) is 49.5 Å². The summed E-state index contributed by atoms with van der Waals surface area (Å²) in [6, 6.07) is 5.96. The lowest BCUT2D eigenvalue weighted by Crippen LogP contribution is -2.35. The van der Waals surface area contributed by atoms with Crippen molar-refractivity contribution in [3.63, 3.8) is 0 Å². The van der Waals surface area contributed by atoms with E-state index in [4.69, 9.17) is 5.73 Å². The van der Waals surface area contributed by atoms with E-state index < -0.39 is 5.60 Å². The summed E-state index contributed by atoms with van der Waals surface area (Å²) in [5, 5.41) is 9.72. The van der Waals surface area contributed by atoms with Crippen LogP contribution < -0.4 is 5.73 Å². The molecule has 0 aliphatic rings. The van der Waals surface area contributed by atoms with Crippen molar-refractivity contribution in [2.45, 2.75) is 32.9 Å². The number of aliphatic hydroxyl groups is 1. The summed E-state index contributed by atoms with van der Waals surface area (Å²) in [5.74, 6) is 0. The second-order valence-corrected chi connectivity index (χ2v) is 5.12. The molecule has 0 saturated carbocycles. The lowest BCUT2D eigenvalue weighted by Gasteiger charge is -2.26. The molecule has 3 N–H and O–H groups in total. The summed E-state index contributed by atoms with van der Waals surface area (Å²) in [6.07, 6.45) is 0. The van der Waals surface area contributed by atoms with Gasteiger partial charge in [0.25, 0.3) is 0 Å². The number of rotatable bonds is 4. The van der Waals surface area contributed by atoms with Crippen LogP contribution in [0.2, 0.25) is 0 Å². The number of nitrogens with two attached hydrogens (primary N) is 1. The molecule has 1 aromatic rings. The monoisotopic (exact) mass is 222 g/mol. The Kier molecular flexibility index (Phi) is 3.94. The molecule has 16 heavy (non-hydrogen) atoms. The highest BCUT2D eigenvalue weighted by molar-refractivity contribution is 5.49. The van der Waals surface area contributed by atoms with E-state index in [1.54, 1.807) is 0 Å². The van der Waals surface area contributed by atoms with Crippen molar-refractivity contribution in [1.82, 2.24) is 4.90 Å². The van der Waals surface area contributed by atoms with E-state index in [0.29, 0.717) is 6.54 Å². The first-order valence-corrected chi connectivity index (χ1v) is 5.54. The molecule has 0 saturated heterocycles. The maximum absolute atomic E-state index is 9.72. The summed E-state index contributed by atoms with van der Waals surface area (Å²) in [5.41, 5.74) is 8.36. The van der Waals surface area contributed by atoms with E-state index >= 15 is 0 Å². The van der Waals surface area contributed by atoms with Crippen molar-refractivity contribution in [3.05, 3.63) is 29.3 Å². The van der Waals surface area contributed by atoms with Gasteiger partial charge in [-0.05, 0) is 45.0 Å². The van der Waals surface area contributed by atoms with Crippen molar-refractivity contribution >= 4 is 5.69 Å². The van der Waals surface area contributed by atoms with Crippen LogP contribution in [0.1, 0.15) is 25.0 Å². The Bertz CT molecular complexity index is 355. The number of hydrogen-bond acceptors (Lipinski definition) is 3. The summed E-state index contributed by atoms with van der Waals surface area (Å²) in [7, 11) is 2.00. The van der Waals surface area contributed by atoms with Gasteiger partial charge in [-0.3, -0.25) is 4.90 Å². The van der Waals surface area contributed by atoms with E-state index in [1.807, 2.05) is 40.0 Å². The van der Waals surface area contributed by atoms with E-state index in [9.17, 15) is 5.11 Å². The van der Waals surface area contributed by atoms with E-state index in [-0.39, 0.29) is 0 Å². The summed E-state index contributed by atoms with van der Waals surface area (Å²) < 4.78 is 0. The number of hydrogen-bond donors (Lipinski definition) is 2. The quantitative estimate of drug-likeness (QED) is 0.763. The molecule has 0 aromatic heterocycles. The first kappa shape index (κ1) is 13.0. The van der Waals surface area contributed by atoms with Crippen LogP contribution >= 0.6 is 0 Å². The van der Waals surface area contributed by atoms with Crippen molar-refractivity contribution < 1.29 is 5.11 Å². The van der Waals surface area contributed by atoms with Crippen molar-refractivity contribution in [2.24, 2.45) is 0 Å². The van der Waals surface area contributed by atoms with Crippen molar-refractivity contribution in [3.8, 4) is 0 Å².